The third-order valence-electron chi connectivity index (χ3n) is 1.54. The fraction of sp³-hybridized carbons (Fsp3) is 0.500. The lowest BCUT2D eigenvalue weighted by Crippen LogP contribution is -2.30. The molecule has 6 heteroatoms. The minimum atomic E-state index is -0.126. The van der Waals surface area contributed by atoms with Crippen molar-refractivity contribution in [3.8, 4) is 0 Å². The van der Waals surface area contributed by atoms with Crippen LogP contribution in [0.25, 0.3) is 0 Å². The van der Waals surface area contributed by atoms with Gasteiger partial charge in [0.1, 0.15) is 5.04 Å². The van der Waals surface area contributed by atoms with Crippen LogP contribution in [0.15, 0.2) is 17.1 Å². The highest BCUT2D eigenvalue weighted by Gasteiger charge is 2.02. The Morgan fingerprint density at radius 2 is 2.57 bits per heavy atom. The van der Waals surface area contributed by atoms with Crippen molar-refractivity contribution in [2.75, 3.05) is 12.3 Å². The highest BCUT2D eigenvalue weighted by atomic mass is 33.1. The number of carbonyl (C=O) groups is 1. The molecule has 1 aliphatic rings. The lowest BCUT2D eigenvalue weighted by Gasteiger charge is -2.04. The lowest BCUT2D eigenvalue weighted by atomic mass is 10.3. The van der Waals surface area contributed by atoms with Gasteiger partial charge in [0.15, 0.2) is 0 Å². The van der Waals surface area contributed by atoms with Gasteiger partial charge in [-0.25, -0.2) is 5.84 Å². The predicted molar refractivity (Wildman–Crippen MR) is 63.1 cm³/mol. The summed E-state index contributed by atoms with van der Waals surface area (Å²) in [6.45, 7) is 0.878. The number of nitrogens with one attached hydrogen (secondary N) is 1. The summed E-state index contributed by atoms with van der Waals surface area (Å²) in [5.41, 5.74) is 2.10. The van der Waals surface area contributed by atoms with Crippen LogP contribution in [0, 0.1) is 0 Å². The molecule has 0 saturated heterocycles. The SMILES string of the molecule is NNC(=O)CCSSC1=NCCC=C1. The zero-order valence-corrected chi connectivity index (χ0v) is 9.37. The van der Waals surface area contributed by atoms with Crippen molar-refractivity contribution in [3.05, 3.63) is 12.2 Å². The summed E-state index contributed by atoms with van der Waals surface area (Å²) in [6.07, 6.45) is 5.61. The Bertz CT molecular complexity index is 253. The number of nitrogens with zero attached hydrogens (tertiary/aromatic N) is 1. The average molecular weight is 231 g/mol. The van der Waals surface area contributed by atoms with Crippen molar-refractivity contribution in [3.63, 3.8) is 0 Å². The molecule has 1 rings (SSSR count). The van der Waals surface area contributed by atoms with Gasteiger partial charge in [0, 0.05) is 18.7 Å². The molecule has 1 heterocycles. The molecular weight excluding hydrogens is 218 g/mol. The fourth-order valence-corrected chi connectivity index (χ4v) is 2.80. The van der Waals surface area contributed by atoms with E-state index in [1.165, 1.54) is 0 Å². The minimum absolute atomic E-state index is 0.126. The van der Waals surface area contributed by atoms with Gasteiger partial charge in [-0.05, 0) is 23.3 Å². The van der Waals surface area contributed by atoms with Gasteiger partial charge in [0.05, 0.1) is 0 Å². The van der Waals surface area contributed by atoms with Crippen LogP contribution in [0.5, 0.6) is 0 Å². The number of carbonyl (C=O) groups excluding carboxylic acids is 1. The quantitative estimate of drug-likeness (QED) is 0.250. The smallest absolute Gasteiger partial charge is 0.234 e. The fourth-order valence-electron chi connectivity index (χ4n) is 0.849. The molecule has 0 atom stereocenters. The second kappa shape index (κ2) is 6.92. The van der Waals surface area contributed by atoms with E-state index in [-0.39, 0.29) is 5.91 Å². The topological polar surface area (TPSA) is 67.5 Å². The molecule has 0 aromatic heterocycles. The van der Waals surface area contributed by atoms with E-state index in [0.717, 1.165) is 23.8 Å². The van der Waals surface area contributed by atoms with Crippen LogP contribution in [-0.2, 0) is 4.79 Å². The van der Waals surface area contributed by atoms with Crippen LogP contribution < -0.4 is 11.3 Å². The molecule has 0 aromatic rings. The maximum Gasteiger partial charge on any atom is 0.234 e. The Balaban J connectivity index is 2.06. The molecule has 0 bridgehead atoms. The van der Waals surface area contributed by atoms with E-state index in [4.69, 9.17) is 5.84 Å². The Hall–Kier alpha value is -0.460. The van der Waals surface area contributed by atoms with Crippen molar-refractivity contribution in [2.45, 2.75) is 12.8 Å². The Morgan fingerprint density at radius 1 is 1.71 bits per heavy atom. The van der Waals surface area contributed by atoms with Crippen LogP contribution in [-0.4, -0.2) is 23.2 Å². The van der Waals surface area contributed by atoms with Crippen molar-refractivity contribution in [2.24, 2.45) is 10.8 Å². The molecule has 0 spiro atoms. The van der Waals surface area contributed by atoms with E-state index in [9.17, 15) is 4.79 Å². The van der Waals surface area contributed by atoms with Gasteiger partial charge in [-0.3, -0.25) is 15.2 Å². The van der Waals surface area contributed by atoms with E-state index in [0.29, 0.717) is 6.42 Å². The van der Waals surface area contributed by atoms with Crippen LogP contribution in [0.3, 0.4) is 0 Å². The van der Waals surface area contributed by atoms with Crippen LogP contribution in [0.1, 0.15) is 12.8 Å². The molecule has 0 radical (unpaired) electrons. The molecular formula is C8H13N3OS2. The third-order valence-corrected chi connectivity index (χ3v) is 3.83. The molecule has 1 aliphatic heterocycles. The van der Waals surface area contributed by atoms with E-state index in [1.54, 1.807) is 21.6 Å². The average Bonchev–Trinajstić information content (AvgIpc) is 2.25. The van der Waals surface area contributed by atoms with E-state index >= 15 is 0 Å². The summed E-state index contributed by atoms with van der Waals surface area (Å²) >= 11 is 0. The predicted octanol–water partition coefficient (Wildman–Crippen LogP) is 1.11. The molecule has 0 aliphatic carbocycles. The van der Waals surface area contributed by atoms with Crippen molar-refractivity contribution >= 4 is 32.5 Å². The van der Waals surface area contributed by atoms with Crippen molar-refractivity contribution < 1.29 is 4.79 Å². The maximum absolute atomic E-state index is 10.8. The van der Waals surface area contributed by atoms with E-state index < -0.39 is 0 Å². The van der Waals surface area contributed by atoms with Gasteiger partial charge in [0.2, 0.25) is 5.91 Å². The second-order valence-corrected chi connectivity index (χ2v) is 5.07. The molecule has 0 saturated carbocycles. The lowest BCUT2D eigenvalue weighted by molar-refractivity contribution is -0.120. The Kier molecular flexibility index (Phi) is 5.74. The summed E-state index contributed by atoms with van der Waals surface area (Å²) in [4.78, 5) is 15.1. The van der Waals surface area contributed by atoms with Crippen molar-refractivity contribution in [1.29, 1.82) is 0 Å². The normalized spacial score (nSPS) is 15.1. The summed E-state index contributed by atoms with van der Waals surface area (Å²) in [6, 6.07) is 0. The number of aliphatic imine (C=N–C) groups is 1. The third kappa shape index (κ3) is 4.69. The zero-order valence-electron chi connectivity index (χ0n) is 7.73. The van der Waals surface area contributed by atoms with Crippen LogP contribution in [0.2, 0.25) is 0 Å². The van der Waals surface area contributed by atoms with Gasteiger partial charge < -0.3 is 0 Å². The molecule has 0 fully saturated rings. The Labute approximate surface area is 91.2 Å². The van der Waals surface area contributed by atoms with Gasteiger partial charge >= 0.3 is 0 Å². The first-order chi connectivity index (χ1) is 6.83. The highest BCUT2D eigenvalue weighted by molar-refractivity contribution is 8.82. The Morgan fingerprint density at radius 3 is 3.21 bits per heavy atom. The zero-order chi connectivity index (χ0) is 10.2. The number of hydrogen-bond acceptors (Lipinski definition) is 5. The standard InChI is InChI=1S/C8H13N3OS2/c9-11-7(12)4-6-13-14-8-3-1-2-5-10-8/h1,3H,2,4-6,9H2,(H,11,12). The van der Waals surface area contributed by atoms with Crippen LogP contribution >= 0.6 is 21.6 Å². The second-order valence-electron chi connectivity index (χ2n) is 2.63. The summed E-state index contributed by atoms with van der Waals surface area (Å²) in [5, 5.41) is 1.04. The van der Waals surface area contributed by atoms with Crippen molar-refractivity contribution in [1.82, 2.24) is 5.43 Å². The van der Waals surface area contributed by atoms with Gasteiger partial charge in [-0.15, -0.1) is 0 Å². The highest BCUT2D eigenvalue weighted by Crippen LogP contribution is 2.25. The molecule has 14 heavy (non-hydrogen) atoms. The molecule has 0 aromatic carbocycles. The summed E-state index contributed by atoms with van der Waals surface area (Å²) < 4.78 is 0. The largest absolute Gasteiger partial charge is 0.294 e. The van der Waals surface area contributed by atoms with Gasteiger partial charge in [0.25, 0.3) is 0 Å². The molecule has 3 N–H and O–H groups in total. The number of nitrogens with two attached hydrogens (primary N) is 1. The first-order valence-electron chi connectivity index (χ1n) is 4.33. The van der Waals surface area contributed by atoms with Crippen LogP contribution in [0.4, 0.5) is 0 Å². The first-order valence-corrected chi connectivity index (χ1v) is 6.64. The molecule has 4 nitrogen and oxygen atoms in total. The number of hydrogen-bond donors (Lipinski definition) is 2. The van der Waals surface area contributed by atoms with Gasteiger partial charge in [-0.1, -0.05) is 16.9 Å². The van der Waals surface area contributed by atoms with E-state index in [1.807, 2.05) is 6.08 Å². The molecule has 0 unspecified atom stereocenters. The minimum Gasteiger partial charge on any atom is -0.294 e. The summed E-state index contributed by atoms with van der Waals surface area (Å²) in [7, 11) is 3.23. The number of amides is 1. The van der Waals surface area contributed by atoms with E-state index in [2.05, 4.69) is 16.5 Å². The summed E-state index contributed by atoms with van der Waals surface area (Å²) in [5.74, 6) is 5.57. The van der Waals surface area contributed by atoms with Gasteiger partial charge in [-0.2, -0.15) is 0 Å². The number of hydrazine groups is 1. The molecule has 1 amide bonds. The first kappa shape index (κ1) is 11.6. The maximum atomic E-state index is 10.8. The monoisotopic (exact) mass is 231 g/mol. The number of rotatable bonds is 4. The molecule has 78 valence electrons. The number of dihydropyridines is 1.